The fourth-order valence-corrected chi connectivity index (χ4v) is 3.44. The van der Waals surface area contributed by atoms with Crippen LogP contribution in [-0.4, -0.2) is 15.9 Å². The molecule has 5 heteroatoms. The van der Waals surface area contributed by atoms with Crippen molar-refractivity contribution in [1.82, 2.24) is 9.97 Å². The monoisotopic (exact) mass is 417 g/mol. The molecule has 0 saturated carbocycles. The summed E-state index contributed by atoms with van der Waals surface area (Å²) in [6, 6.07) is 20.9. The van der Waals surface area contributed by atoms with E-state index in [9.17, 15) is 4.79 Å². The Hall–Kier alpha value is -3.05. The second-order valence-corrected chi connectivity index (χ2v) is 7.12. The molecular formula is C22H16BrN3O. The number of rotatable bonds is 3. The van der Waals surface area contributed by atoms with Gasteiger partial charge in [-0.2, -0.15) is 0 Å². The Morgan fingerprint density at radius 1 is 0.963 bits per heavy atom. The third kappa shape index (κ3) is 3.59. The van der Waals surface area contributed by atoms with Crippen LogP contribution in [0.4, 0.5) is 5.69 Å². The van der Waals surface area contributed by atoms with Gasteiger partial charge in [0.1, 0.15) is 0 Å². The number of hydrogen-bond donors (Lipinski definition) is 1. The molecule has 0 bridgehead atoms. The number of hydrogen-bond acceptors (Lipinski definition) is 3. The number of aromatic nitrogens is 2. The Kier molecular flexibility index (Phi) is 4.69. The van der Waals surface area contributed by atoms with E-state index in [1.165, 1.54) is 0 Å². The minimum Gasteiger partial charge on any atom is -0.322 e. The van der Waals surface area contributed by atoms with Crippen LogP contribution < -0.4 is 5.32 Å². The molecule has 1 amide bonds. The summed E-state index contributed by atoms with van der Waals surface area (Å²) in [6.07, 6.45) is 1.72. The molecule has 0 unspecified atom stereocenters. The number of para-hydroxylation sites is 1. The molecule has 2 heterocycles. The lowest BCUT2D eigenvalue weighted by Crippen LogP contribution is -2.14. The average molecular weight is 418 g/mol. The lowest BCUT2D eigenvalue weighted by molar-refractivity contribution is 0.102. The quantitative estimate of drug-likeness (QED) is 0.470. The molecule has 2 aromatic carbocycles. The van der Waals surface area contributed by atoms with Crippen molar-refractivity contribution in [1.29, 1.82) is 0 Å². The third-order valence-electron chi connectivity index (χ3n) is 4.32. The number of carbonyl (C=O) groups excluding carboxylic acids is 1. The van der Waals surface area contributed by atoms with Gasteiger partial charge in [-0.15, -0.1) is 0 Å². The van der Waals surface area contributed by atoms with Gasteiger partial charge in [0.05, 0.1) is 22.5 Å². The standard InChI is InChI=1S/C22H16BrN3O/c1-14-12-15(23)9-10-18(14)26-22(27)17-13-21(20-8-4-5-11-24-20)25-19-7-3-2-6-16(17)19/h2-13H,1H3,(H,26,27). The molecule has 2 aromatic heterocycles. The van der Waals surface area contributed by atoms with Crippen molar-refractivity contribution in [3.8, 4) is 11.4 Å². The summed E-state index contributed by atoms with van der Waals surface area (Å²) in [5.41, 5.74) is 4.51. The van der Waals surface area contributed by atoms with Gasteiger partial charge in [0.25, 0.3) is 5.91 Å². The van der Waals surface area contributed by atoms with Crippen LogP contribution >= 0.6 is 15.9 Å². The normalized spacial score (nSPS) is 10.7. The van der Waals surface area contributed by atoms with E-state index in [2.05, 4.69) is 31.2 Å². The van der Waals surface area contributed by atoms with Crippen molar-refractivity contribution < 1.29 is 4.79 Å². The highest BCUT2D eigenvalue weighted by Gasteiger charge is 2.15. The van der Waals surface area contributed by atoms with Crippen molar-refractivity contribution in [3.63, 3.8) is 0 Å². The number of anilines is 1. The Morgan fingerprint density at radius 2 is 1.78 bits per heavy atom. The number of amides is 1. The van der Waals surface area contributed by atoms with Gasteiger partial charge in [0, 0.05) is 21.7 Å². The predicted octanol–water partition coefficient (Wildman–Crippen LogP) is 5.62. The van der Waals surface area contributed by atoms with Crippen LogP contribution in [0.2, 0.25) is 0 Å². The molecule has 0 spiro atoms. The fourth-order valence-electron chi connectivity index (χ4n) is 2.97. The second kappa shape index (κ2) is 7.29. The number of aryl methyl sites for hydroxylation is 1. The number of nitrogens with zero attached hydrogens (tertiary/aromatic N) is 2. The summed E-state index contributed by atoms with van der Waals surface area (Å²) in [7, 11) is 0. The van der Waals surface area contributed by atoms with Gasteiger partial charge in [-0.3, -0.25) is 9.78 Å². The topological polar surface area (TPSA) is 54.9 Å². The van der Waals surface area contributed by atoms with Crippen molar-refractivity contribution in [2.45, 2.75) is 6.92 Å². The molecule has 0 fully saturated rings. The van der Waals surface area contributed by atoms with Crippen LogP contribution in [0.1, 0.15) is 15.9 Å². The molecule has 27 heavy (non-hydrogen) atoms. The van der Waals surface area contributed by atoms with Crippen molar-refractivity contribution in [3.05, 3.63) is 88.5 Å². The van der Waals surface area contributed by atoms with Gasteiger partial charge in [0.2, 0.25) is 0 Å². The third-order valence-corrected chi connectivity index (χ3v) is 4.82. The largest absolute Gasteiger partial charge is 0.322 e. The highest BCUT2D eigenvalue weighted by molar-refractivity contribution is 9.10. The Balaban J connectivity index is 1.81. The van der Waals surface area contributed by atoms with E-state index in [1.807, 2.05) is 67.6 Å². The molecule has 0 aliphatic rings. The van der Waals surface area contributed by atoms with E-state index in [0.717, 1.165) is 32.3 Å². The number of halogens is 1. The van der Waals surface area contributed by atoms with Gasteiger partial charge in [0.15, 0.2) is 0 Å². The van der Waals surface area contributed by atoms with Crippen LogP contribution in [0, 0.1) is 6.92 Å². The van der Waals surface area contributed by atoms with Crippen LogP contribution in [0.3, 0.4) is 0 Å². The fraction of sp³-hybridized carbons (Fsp3) is 0.0455. The van der Waals surface area contributed by atoms with Crippen LogP contribution in [0.15, 0.2) is 77.4 Å². The minimum absolute atomic E-state index is 0.170. The Labute approximate surface area is 165 Å². The molecule has 0 radical (unpaired) electrons. The Morgan fingerprint density at radius 3 is 2.56 bits per heavy atom. The summed E-state index contributed by atoms with van der Waals surface area (Å²) < 4.78 is 0.977. The number of nitrogens with one attached hydrogen (secondary N) is 1. The number of pyridine rings is 2. The van der Waals surface area contributed by atoms with Crippen molar-refractivity contribution in [2.24, 2.45) is 0 Å². The lowest BCUT2D eigenvalue weighted by Gasteiger charge is -2.12. The summed E-state index contributed by atoms with van der Waals surface area (Å²) in [6.45, 7) is 1.96. The first-order chi connectivity index (χ1) is 13.1. The maximum atomic E-state index is 13.1. The Bertz CT molecular complexity index is 1140. The van der Waals surface area contributed by atoms with E-state index in [0.29, 0.717) is 11.3 Å². The predicted molar refractivity (Wildman–Crippen MR) is 112 cm³/mol. The maximum absolute atomic E-state index is 13.1. The van der Waals surface area contributed by atoms with E-state index in [4.69, 9.17) is 0 Å². The van der Waals surface area contributed by atoms with Gasteiger partial charge < -0.3 is 5.32 Å². The molecule has 0 atom stereocenters. The summed E-state index contributed by atoms with van der Waals surface area (Å²) in [4.78, 5) is 22.1. The van der Waals surface area contributed by atoms with Crippen LogP contribution in [-0.2, 0) is 0 Å². The molecule has 4 nitrogen and oxygen atoms in total. The van der Waals surface area contributed by atoms with Crippen molar-refractivity contribution >= 4 is 38.4 Å². The van der Waals surface area contributed by atoms with Gasteiger partial charge in [-0.1, -0.05) is 40.2 Å². The van der Waals surface area contributed by atoms with Crippen molar-refractivity contribution in [2.75, 3.05) is 5.32 Å². The highest BCUT2D eigenvalue weighted by atomic mass is 79.9. The summed E-state index contributed by atoms with van der Waals surface area (Å²) in [5.74, 6) is -0.170. The molecule has 0 aliphatic carbocycles. The number of fused-ring (bicyclic) bond motifs is 1. The minimum atomic E-state index is -0.170. The molecule has 1 N–H and O–H groups in total. The first-order valence-electron chi connectivity index (χ1n) is 8.50. The first-order valence-corrected chi connectivity index (χ1v) is 9.30. The van der Waals surface area contributed by atoms with E-state index >= 15 is 0 Å². The summed E-state index contributed by atoms with van der Waals surface area (Å²) >= 11 is 3.45. The zero-order chi connectivity index (χ0) is 18.8. The molecular weight excluding hydrogens is 402 g/mol. The zero-order valence-electron chi connectivity index (χ0n) is 14.6. The number of carbonyl (C=O) groups is 1. The smallest absolute Gasteiger partial charge is 0.256 e. The molecule has 4 aromatic rings. The van der Waals surface area contributed by atoms with Gasteiger partial charge in [-0.05, 0) is 55.0 Å². The van der Waals surface area contributed by atoms with Gasteiger partial charge in [-0.25, -0.2) is 4.98 Å². The molecule has 132 valence electrons. The lowest BCUT2D eigenvalue weighted by atomic mass is 10.0. The maximum Gasteiger partial charge on any atom is 0.256 e. The van der Waals surface area contributed by atoms with Crippen LogP contribution in [0.5, 0.6) is 0 Å². The van der Waals surface area contributed by atoms with E-state index < -0.39 is 0 Å². The van der Waals surface area contributed by atoms with Crippen LogP contribution in [0.25, 0.3) is 22.3 Å². The average Bonchev–Trinajstić information content (AvgIpc) is 2.70. The van der Waals surface area contributed by atoms with Gasteiger partial charge >= 0.3 is 0 Å². The van der Waals surface area contributed by atoms with E-state index in [-0.39, 0.29) is 5.91 Å². The first kappa shape index (κ1) is 17.4. The molecule has 0 aliphatic heterocycles. The zero-order valence-corrected chi connectivity index (χ0v) is 16.2. The SMILES string of the molecule is Cc1cc(Br)ccc1NC(=O)c1cc(-c2ccccn2)nc2ccccc12. The second-order valence-electron chi connectivity index (χ2n) is 6.20. The highest BCUT2D eigenvalue weighted by Crippen LogP contribution is 2.26. The summed E-state index contributed by atoms with van der Waals surface area (Å²) in [5, 5.41) is 3.83. The number of benzene rings is 2. The van der Waals surface area contributed by atoms with E-state index in [1.54, 1.807) is 12.3 Å². The molecule has 0 saturated heterocycles. The molecule has 4 rings (SSSR count).